The number of non-ortho nitro benzene ring substituents is 1. The third-order valence-electron chi connectivity index (χ3n) is 8.73. The zero-order chi connectivity index (χ0) is 33.9. The molecule has 1 atom stereocenters. The third kappa shape index (κ3) is 6.23. The van der Waals surface area contributed by atoms with Crippen molar-refractivity contribution in [1.82, 2.24) is 4.57 Å². The maximum Gasteiger partial charge on any atom is 0.338 e. The van der Waals surface area contributed by atoms with E-state index in [1.54, 1.807) is 37.3 Å². The van der Waals surface area contributed by atoms with Crippen LogP contribution < -0.4 is 29.3 Å². The minimum absolute atomic E-state index is 0.0673. The first kappa shape index (κ1) is 32.7. The van der Waals surface area contributed by atoms with E-state index in [-0.39, 0.29) is 17.9 Å². The van der Waals surface area contributed by atoms with Crippen molar-refractivity contribution in [2.75, 3.05) is 38.8 Å². The Morgan fingerprint density at radius 1 is 1.04 bits per heavy atom. The number of fused-ring (bicyclic) bond motifs is 1. The van der Waals surface area contributed by atoms with Crippen LogP contribution in [0.3, 0.4) is 0 Å². The lowest BCUT2D eigenvalue weighted by molar-refractivity contribution is -0.384. The molecule has 0 amide bonds. The van der Waals surface area contributed by atoms with E-state index >= 15 is 0 Å². The molecule has 11 nitrogen and oxygen atoms in total. The Balaban J connectivity index is 1.62. The molecule has 0 radical (unpaired) electrons. The van der Waals surface area contributed by atoms with Gasteiger partial charge in [-0.2, -0.15) is 0 Å². The van der Waals surface area contributed by atoms with Gasteiger partial charge in [0.15, 0.2) is 16.3 Å². The Labute approximate surface area is 281 Å². The number of hydrogen-bond acceptors (Lipinski definition) is 10. The average Bonchev–Trinajstić information content (AvgIpc) is 3.41. The summed E-state index contributed by atoms with van der Waals surface area (Å²) in [4.78, 5) is 47.2. The van der Waals surface area contributed by atoms with Gasteiger partial charge in [0, 0.05) is 42.0 Å². The van der Waals surface area contributed by atoms with E-state index in [0.29, 0.717) is 49.1 Å². The molecule has 2 aliphatic rings. The fraction of sp³-hybridized carbons (Fsp3) is 0.306. The Kier molecular flexibility index (Phi) is 9.44. The Morgan fingerprint density at radius 3 is 2.44 bits per heavy atom. The molecule has 0 saturated carbocycles. The maximum absolute atomic E-state index is 14.5. The van der Waals surface area contributed by atoms with Crippen LogP contribution in [0.25, 0.3) is 11.8 Å². The van der Waals surface area contributed by atoms with Gasteiger partial charge in [0.2, 0.25) is 0 Å². The summed E-state index contributed by atoms with van der Waals surface area (Å²) >= 11 is 1.17. The van der Waals surface area contributed by atoms with Crippen LogP contribution in [0.15, 0.2) is 82.1 Å². The number of nitro benzene ring substituents is 1. The number of thiazole rings is 1. The molecule has 0 bridgehead atoms. The van der Waals surface area contributed by atoms with Crippen LogP contribution in [0.1, 0.15) is 49.4 Å². The largest absolute Gasteiger partial charge is 0.493 e. The summed E-state index contributed by atoms with van der Waals surface area (Å²) in [5.74, 6) is 0.907. The van der Waals surface area contributed by atoms with E-state index in [4.69, 9.17) is 19.2 Å². The van der Waals surface area contributed by atoms with Crippen molar-refractivity contribution in [1.29, 1.82) is 0 Å². The highest BCUT2D eigenvalue weighted by molar-refractivity contribution is 7.07. The number of hydrogen-bond donors (Lipinski definition) is 0. The number of carbonyl (C=O) groups excluding carboxylic acids is 1. The first-order valence-electron chi connectivity index (χ1n) is 15.8. The quantitative estimate of drug-likeness (QED) is 0.137. The number of nitro groups is 1. The fourth-order valence-electron chi connectivity index (χ4n) is 6.23. The zero-order valence-electron chi connectivity index (χ0n) is 27.2. The number of esters is 1. The lowest BCUT2D eigenvalue weighted by Crippen LogP contribution is -2.40. The summed E-state index contributed by atoms with van der Waals surface area (Å²) in [6, 6.07) is 18.4. The smallest absolute Gasteiger partial charge is 0.338 e. The maximum atomic E-state index is 14.5. The van der Waals surface area contributed by atoms with Crippen molar-refractivity contribution in [2.45, 2.75) is 32.7 Å². The van der Waals surface area contributed by atoms with E-state index in [1.807, 2.05) is 30.3 Å². The Hall–Kier alpha value is -5.23. The molecule has 48 heavy (non-hydrogen) atoms. The number of piperidine rings is 1. The molecule has 6 rings (SSSR count). The minimum atomic E-state index is -0.925. The second-order valence-electron chi connectivity index (χ2n) is 11.7. The molecular formula is C36H36N4O7S. The van der Waals surface area contributed by atoms with Crippen LogP contribution in [0.2, 0.25) is 0 Å². The van der Waals surface area contributed by atoms with Gasteiger partial charge in [0.05, 0.1) is 47.6 Å². The van der Waals surface area contributed by atoms with E-state index < -0.39 is 22.5 Å². The highest BCUT2D eigenvalue weighted by atomic mass is 32.1. The lowest BCUT2D eigenvalue weighted by atomic mass is 9.93. The van der Waals surface area contributed by atoms with Crippen molar-refractivity contribution in [3.63, 3.8) is 0 Å². The first-order valence-corrected chi connectivity index (χ1v) is 16.6. The molecule has 3 aromatic carbocycles. The molecule has 1 fully saturated rings. The van der Waals surface area contributed by atoms with Gasteiger partial charge in [-0.3, -0.25) is 19.5 Å². The highest BCUT2D eigenvalue weighted by Gasteiger charge is 2.36. The van der Waals surface area contributed by atoms with Gasteiger partial charge in [-0.1, -0.05) is 54.7 Å². The highest BCUT2D eigenvalue weighted by Crippen LogP contribution is 2.38. The van der Waals surface area contributed by atoms with E-state index in [2.05, 4.69) is 11.8 Å². The summed E-state index contributed by atoms with van der Waals surface area (Å²) in [5, 5.41) is 11.8. The SMILES string of the molecule is CCOC(=O)C1=C(c2ccccc2)N=c2s/c(=C/c3cc([N+](=O)[O-])ccc3N3CCC(C)CC3)c(=O)n2[C@@H]1c1ccc(OC)c(OC)c1. The molecule has 12 heteroatoms. The minimum Gasteiger partial charge on any atom is -0.493 e. The van der Waals surface area contributed by atoms with Gasteiger partial charge in [-0.15, -0.1) is 0 Å². The Morgan fingerprint density at radius 2 is 1.77 bits per heavy atom. The van der Waals surface area contributed by atoms with E-state index in [0.717, 1.165) is 31.6 Å². The summed E-state index contributed by atoms with van der Waals surface area (Å²) in [7, 11) is 3.05. The number of benzene rings is 3. The van der Waals surface area contributed by atoms with Gasteiger partial charge in [-0.05, 0) is 55.5 Å². The van der Waals surface area contributed by atoms with Crippen molar-refractivity contribution in [3.8, 4) is 11.5 Å². The molecule has 3 heterocycles. The number of ether oxygens (including phenoxy) is 3. The molecule has 1 saturated heterocycles. The standard InChI is InChI=1S/C36H36N4O7S/c1-5-47-35(42)31-32(23-9-7-6-8-10-23)37-36-39(33(31)24-11-14-28(45-3)29(20-24)46-4)34(41)30(48-36)21-25-19-26(40(43)44)12-13-27(25)38-17-15-22(2)16-18-38/h6-14,19-22,33H,5,15-18H2,1-4H3/b30-21+/t33-/m1/s1. The molecule has 0 spiro atoms. The van der Waals surface area contributed by atoms with Crippen molar-refractivity contribution in [2.24, 2.45) is 10.9 Å². The molecule has 0 unspecified atom stereocenters. The topological polar surface area (TPSA) is 126 Å². The van der Waals surface area contributed by atoms with Gasteiger partial charge in [-0.25, -0.2) is 9.79 Å². The van der Waals surface area contributed by atoms with Crippen molar-refractivity contribution in [3.05, 3.63) is 119 Å². The number of nitrogens with zero attached hydrogens (tertiary/aromatic N) is 4. The number of anilines is 1. The molecule has 1 aromatic heterocycles. The predicted molar refractivity (Wildman–Crippen MR) is 184 cm³/mol. The van der Waals surface area contributed by atoms with Crippen LogP contribution in [-0.2, 0) is 9.53 Å². The summed E-state index contributed by atoms with van der Waals surface area (Å²) in [6.45, 7) is 5.69. The first-order chi connectivity index (χ1) is 23.2. The fourth-order valence-corrected chi connectivity index (χ4v) is 7.22. The predicted octanol–water partition coefficient (Wildman–Crippen LogP) is 5.10. The third-order valence-corrected chi connectivity index (χ3v) is 9.71. The number of methoxy groups -OCH3 is 2. The lowest BCUT2D eigenvalue weighted by Gasteiger charge is -2.33. The van der Waals surface area contributed by atoms with Crippen LogP contribution in [0.4, 0.5) is 11.4 Å². The number of rotatable bonds is 9. The zero-order valence-corrected chi connectivity index (χ0v) is 28.0. The number of carbonyl (C=O) groups is 1. The molecule has 2 aliphatic heterocycles. The second kappa shape index (κ2) is 13.9. The van der Waals surface area contributed by atoms with E-state index in [9.17, 15) is 19.7 Å². The van der Waals surface area contributed by atoms with Crippen LogP contribution in [0.5, 0.6) is 11.5 Å². The normalized spacial score (nSPS) is 16.7. The summed E-state index contributed by atoms with van der Waals surface area (Å²) in [5.41, 5.74) is 2.80. The van der Waals surface area contributed by atoms with Gasteiger partial charge in [0.25, 0.3) is 11.2 Å². The molecule has 4 aromatic rings. The molecule has 248 valence electrons. The molecule has 0 aliphatic carbocycles. The Bertz CT molecular complexity index is 2080. The van der Waals surface area contributed by atoms with Crippen molar-refractivity contribution < 1.29 is 23.9 Å². The van der Waals surface area contributed by atoms with Gasteiger partial charge in [0.1, 0.15) is 0 Å². The van der Waals surface area contributed by atoms with Crippen LogP contribution >= 0.6 is 11.3 Å². The van der Waals surface area contributed by atoms with E-state index in [1.165, 1.54) is 42.3 Å². The molecular weight excluding hydrogens is 632 g/mol. The van der Waals surface area contributed by atoms with Crippen LogP contribution in [0, 0.1) is 16.0 Å². The second-order valence-corrected chi connectivity index (χ2v) is 12.7. The van der Waals surface area contributed by atoms with Gasteiger partial charge >= 0.3 is 5.97 Å². The monoisotopic (exact) mass is 668 g/mol. The van der Waals surface area contributed by atoms with Crippen LogP contribution in [-0.4, -0.2) is 49.4 Å². The summed E-state index contributed by atoms with van der Waals surface area (Å²) in [6.07, 6.45) is 3.71. The molecule has 0 N–H and O–H groups in total. The number of aromatic nitrogens is 1. The van der Waals surface area contributed by atoms with Crippen molar-refractivity contribution >= 4 is 40.5 Å². The average molecular weight is 669 g/mol. The van der Waals surface area contributed by atoms with Gasteiger partial charge < -0.3 is 19.1 Å². The summed E-state index contributed by atoms with van der Waals surface area (Å²) < 4.78 is 18.5.